The van der Waals surface area contributed by atoms with Crippen LogP contribution in [-0.2, 0) is 6.54 Å². The quantitative estimate of drug-likeness (QED) is 0.674. The number of rotatable bonds is 9. The predicted molar refractivity (Wildman–Crippen MR) is 110 cm³/mol. The smallest absolute Gasteiger partial charge is 0.319 e. The Bertz CT molecular complexity index is 742. The Labute approximate surface area is 162 Å². The number of ketones is 1. The highest BCUT2D eigenvalue weighted by Crippen LogP contribution is 2.13. The van der Waals surface area contributed by atoms with Gasteiger partial charge in [-0.15, -0.1) is 0 Å². The number of likely N-dealkylation sites (N-methyl/N-ethyl adjacent to an activating group) is 1. The monoisotopic (exact) mass is 367 g/mol. The predicted octanol–water partition coefficient (Wildman–Crippen LogP) is 4.27. The Hall–Kier alpha value is -2.66. The largest absolute Gasteiger partial charge is 0.322 e. The molecule has 0 saturated carbocycles. The molecule has 0 fully saturated rings. The van der Waals surface area contributed by atoms with Crippen LogP contribution in [0.25, 0.3) is 0 Å². The summed E-state index contributed by atoms with van der Waals surface area (Å²) < 4.78 is 0. The van der Waals surface area contributed by atoms with Crippen molar-refractivity contribution >= 4 is 17.5 Å². The van der Waals surface area contributed by atoms with Crippen molar-refractivity contribution in [3.05, 3.63) is 65.7 Å². The number of Topliss-reactive ketones (excluding diaryl/α,β-unsaturated/α-hetero) is 1. The third kappa shape index (κ3) is 6.53. The summed E-state index contributed by atoms with van der Waals surface area (Å²) in [5.74, 6) is -0.0197. The number of nitrogens with zero attached hydrogens (tertiary/aromatic N) is 2. The summed E-state index contributed by atoms with van der Waals surface area (Å²) in [6.07, 6.45) is 0. The topological polar surface area (TPSA) is 52.6 Å². The van der Waals surface area contributed by atoms with Crippen molar-refractivity contribution in [3.63, 3.8) is 0 Å². The lowest BCUT2D eigenvalue weighted by Gasteiger charge is -2.27. The molecule has 2 aromatic carbocycles. The van der Waals surface area contributed by atoms with E-state index in [1.807, 2.05) is 35.2 Å². The molecule has 2 amide bonds. The molecule has 0 aliphatic rings. The van der Waals surface area contributed by atoms with Crippen molar-refractivity contribution in [2.75, 3.05) is 31.5 Å². The minimum atomic E-state index is -0.160. The average molecular weight is 367 g/mol. The van der Waals surface area contributed by atoms with Gasteiger partial charge in [0, 0.05) is 30.9 Å². The van der Waals surface area contributed by atoms with Gasteiger partial charge in [0.2, 0.25) is 0 Å². The molecule has 0 aromatic heterocycles. The molecular formula is C22H29N3O2. The van der Waals surface area contributed by atoms with Gasteiger partial charge in [-0.25, -0.2) is 4.79 Å². The van der Waals surface area contributed by atoms with E-state index >= 15 is 0 Å². The number of urea groups is 1. The molecule has 2 aromatic rings. The molecule has 144 valence electrons. The van der Waals surface area contributed by atoms with Crippen LogP contribution in [0.1, 0.15) is 36.7 Å². The fourth-order valence-corrected chi connectivity index (χ4v) is 2.88. The van der Waals surface area contributed by atoms with E-state index < -0.39 is 0 Å². The highest BCUT2D eigenvalue weighted by Gasteiger charge is 2.15. The first kappa shape index (κ1) is 20.6. The van der Waals surface area contributed by atoms with Crippen molar-refractivity contribution in [3.8, 4) is 0 Å². The Balaban J connectivity index is 2.11. The van der Waals surface area contributed by atoms with Crippen molar-refractivity contribution in [2.24, 2.45) is 0 Å². The number of nitrogens with one attached hydrogen (secondary N) is 1. The summed E-state index contributed by atoms with van der Waals surface area (Å²) >= 11 is 0. The Morgan fingerprint density at radius 2 is 1.63 bits per heavy atom. The minimum absolute atomic E-state index is 0.0197. The first-order valence-corrected chi connectivity index (χ1v) is 9.46. The molecule has 0 unspecified atom stereocenters. The molecule has 1 N–H and O–H groups in total. The van der Waals surface area contributed by atoms with E-state index in [1.165, 1.54) is 6.92 Å². The standard InChI is InChI=1S/C22H29N3O2/c1-4-24(5-2)14-15-25(17-19-10-7-6-8-11-19)22(27)23-21-13-9-12-20(16-21)18(3)26/h6-13,16H,4-5,14-15,17H2,1-3H3,(H,23,27). The van der Waals surface area contributed by atoms with Crippen molar-refractivity contribution in [1.29, 1.82) is 0 Å². The molecule has 0 atom stereocenters. The summed E-state index contributed by atoms with van der Waals surface area (Å²) in [6, 6.07) is 16.9. The molecule has 2 rings (SSSR count). The van der Waals surface area contributed by atoms with Gasteiger partial charge in [0.1, 0.15) is 0 Å². The molecule has 0 aliphatic carbocycles. The molecule has 27 heavy (non-hydrogen) atoms. The molecule has 5 heteroatoms. The van der Waals surface area contributed by atoms with Crippen LogP contribution in [0, 0.1) is 0 Å². The minimum Gasteiger partial charge on any atom is -0.319 e. The number of hydrogen-bond donors (Lipinski definition) is 1. The molecule has 5 nitrogen and oxygen atoms in total. The van der Waals surface area contributed by atoms with Gasteiger partial charge in [-0.05, 0) is 37.7 Å². The van der Waals surface area contributed by atoms with Gasteiger partial charge in [-0.1, -0.05) is 56.3 Å². The third-order valence-electron chi connectivity index (χ3n) is 4.60. The maximum atomic E-state index is 12.9. The first-order valence-electron chi connectivity index (χ1n) is 9.46. The summed E-state index contributed by atoms with van der Waals surface area (Å²) in [7, 11) is 0. The molecule has 0 radical (unpaired) electrons. The van der Waals surface area contributed by atoms with Crippen LogP contribution in [0.3, 0.4) is 0 Å². The van der Waals surface area contributed by atoms with Crippen LogP contribution in [0.4, 0.5) is 10.5 Å². The third-order valence-corrected chi connectivity index (χ3v) is 4.60. The van der Waals surface area contributed by atoms with E-state index in [-0.39, 0.29) is 11.8 Å². The lowest BCUT2D eigenvalue weighted by Crippen LogP contribution is -2.40. The summed E-state index contributed by atoms with van der Waals surface area (Å²) in [5, 5.41) is 2.93. The van der Waals surface area contributed by atoms with E-state index in [1.54, 1.807) is 24.3 Å². The number of carbonyl (C=O) groups excluding carboxylic acids is 2. The zero-order valence-electron chi connectivity index (χ0n) is 16.4. The molecule has 0 aliphatic heterocycles. The molecule has 0 spiro atoms. The van der Waals surface area contributed by atoms with Crippen molar-refractivity contribution in [2.45, 2.75) is 27.3 Å². The molecular weight excluding hydrogens is 338 g/mol. The fraction of sp³-hybridized carbons (Fsp3) is 0.364. The normalized spacial score (nSPS) is 10.7. The number of anilines is 1. The van der Waals surface area contributed by atoms with E-state index in [0.29, 0.717) is 24.3 Å². The Kier molecular flexibility index (Phi) is 8.01. The van der Waals surface area contributed by atoms with Gasteiger partial charge in [0.15, 0.2) is 5.78 Å². The van der Waals surface area contributed by atoms with Crippen molar-refractivity contribution in [1.82, 2.24) is 9.80 Å². The first-order chi connectivity index (χ1) is 13.0. The Morgan fingerprint density at radius 3 is 2.26 bits per heavy atom. The van der Waals surface area contributed by atoms with Crippen LogP contribution < -0.4 is 5.32 Å². The van der Waals surface area contributed by atoms with Gasteiger partial charge >= 0.3 is 6.03 Å². The van der Waals surface area contributed by atoms with E-state index in [0.717, 1.165) is 25.2 Å². The summed E-state index contributed by atoms with van der Waals surface area (Å²) in [5.41, 5.74) is 2.31. The average Bonchev–Trinajstić information content (AvgIpc) is 2.68. The van der Waals surface area contributed by atoms with Gasteiger partial charge in [0.05, 0.1) is 0 Å². The van der Waals surface area contributed by atoms with Gasteiger partial charge in [-0.3, -0.25) is 4.79 Å². The highest BCUT2D eigenvalue weighted by molar-refractivity contribution is 5.96. The number of amides is 2. The van der Waals surface area contributed by atoms with Crippen LogP contribution in [0.2, 0.25) is 0 Å². The maximum Gasteiger partial charge on any atom is 0.322 e. The van der Waals surface area contributed by atoms with Crippen LogP contribution >= 0.6 is 0 Å². The second-order valence-electron chi connectivity index (χ2n) is 6.50. The van der Waals surface area contributed by atoms with E-state index in [2.05, 4.69) is 24.1 Å². The molecule has 0 bridgehead atoms. The van der Waals surface area contributed by atoms with Crippen LogP contribution in [0.5, 0.6) is 0 Å². The van der Waals surface area contributed by atoms with Crippen LogP contribution in [0.15, 0.2) is 54.6 Å². The fourth-order valence-electron chi connectivity index (χ4n) is 2.88. The maximum absolute atomic E-state index is 12.9. The Morgan fingerprint density at radius 1 is 0.926 bits per heavy atom. The van der Waals surface area contributed by atoms with Crippen LogP contribution in [-0.4, -0.2) is 47.8 Å². The molecule has 0 heterocycles. The number of benzene rings is 2. The SMILES string of the molecule is CCN(CC)CCN(Cc1ccccc1)C(=O)Nc1cccc(C(C)=O)c1. The number of carbonyl (C=O) groups is 2. The number of hydrogen-bond acceptors (Lipinski definition) is 3. The van der Waals surface area contributed by atoms with Gasteiger partial charge in [0.25, 0.3) is 0 Å². The van der Waals surface area contributed by atoms with Crippen molar-refractivity contribution < 1.29 is 9.59 Å². The van der Waals surface area contributed by atoms with E-state index in [9.17, 15) is 9.59 Å². The summed E-state index contributed by atoms with van der Waals surface area (Å²) in [4.78, 5) is 28.6. The van der Waals surface area contributed by atoms with Gasteiger partial charge in [-0.2, -0.15) is 0 Å². The van der Waals surface area contributed by atoms with Gasteiger partial charge < -0.3 is 15.1 Å². The zero-order chi connectivity index (χ0) is 19.6. The second kappa shape index (κ2) is 10.5. The molecule has 0 saturated heterocycles. The lowest BCUT2D eigenvalue weighted by molar-refractivity contribution is 0.101. The lowest BCUT2D eigenvalue weighted by atomic mass is 10.1. The van der Waals surface area contributed by atoms with E-state index in [4.69, 9.17) is 0 Å². The second-order valence-corrected chi connectivity index (χ2v) is 6.50. The zero-order valence-corrected chi connectivity index (χ0v) is 16.4. The summed E-state index contributed by atoms with van der Waals surface area (Å²) in [6.45, 7) is 9.68. The highest BCUT2D eigenvalue weighted by atomic mass is 16.2.